The Labute approximate surface area is 132 Å². The number of hydrogen-bond acceptors (Lipinski definition) is 1. The first kappa shape index (κ1) is 13.4. The molecule has 0 aromatic carbocycles. The maximum atomic E-state index is 12.2. The fraction of sp³-hybridized carbons (Fsp3) is 0.842. The molecule has 22 heavy (non-hydrogen) atoms. The average Bonchev–Trinajstić information content (AvgIpc) is 2.64. The number of fused-ring (bicyclic) bond motifs is 1. The Bertz CT molecular complexity index is 618. The van der Waals surface area contributed by atoms with Crippen LogP contribution in [-0.2, 0) is 13.6 Å². The summed E-state index contributed by atoms with van der Waals surface area (Å²) in [5.41, 5.74) is 2.12. The molecule has 3 heteroatoms. The first-order valence-corrected chi connectivity index (χ1v) is 9.41. The van der Waals surface area contributed by atoms with Crippen LogP contribution in [0.5, 0.6) is 0 Å². The van der Waals surface area contributed by atoms with E-state index < -0.39 is 0 Å². The molecule has 0 N–H and O–H groups in total. The van der Waals surface area contributed by atoms with Crippen LogP contribution in [0.3, 0.4) is 0 Å². The molecule has 2 heterocycles. The molecule has 1 aromatic rings. The molecular formula is C19H28N2O. The van der Waals surface area contributed by atoms with E-state index in [1.807, 2.05) is 17.8 Å². The quantitative estimate of drug-likeness (QED) is 0.777. The maximum absolute atomic E-state index is 12.2. The van der Waals surface area contributed by atoms with Gasteiger partial charge in [-0.15, -0.1) is 0 Å². The topological polar surface area (TPSA) is 26.9 Å². The predicted molar refractivity (Wildman–Crippen MR) is 86.9 cm³/mol. The van der Waals surface area contributed by atoms with Crippen LogP contribution in [0.2, 0.25) is 0 Å². The summed E-state index contributed by atoms with van der Waals surface area (Å²) in [6.45, 7) is 1.04. The van der Waals surface area contributed by atoms with Crippen LogP contribution in [0.15, 0.2) is 10.9 Å². The Balaban J connectivity index is 1.60. The summed E-state index contributed by atoms with van der Waals surface area (Å²) in [7, 11) is 1.95. The Kier molecular flexibility index (Phi) is 2.76. The van der Waals surface area contributed by atoms with E-state index in [4.69, 9.17) is 0 Å². The summed E-state index contributed by atoms with van der Waals surface area (Å²) in [5, 5.41) is 0. The summed E-state index contributed by atoms with van der Waals surface area (Å²) < 4.78 is 4.19. The SMILES string of the molecule is Cn1c(=O)cc2n1CCCCC2C12CC3CC(CC(C3)C1)C2. The van der Waals surface area contributed by atoms with Crippen molar-refractivity contribution >= 4 is 0 Å². The van der Waals surface area contributed by atoms with E-state index in [2.05, 4.69) is 4.68 Å². The minimum atomic E-state index is 0.201. The fourth-order valence-corrected chi connectivity index (χ4v) is 7.13. The Hall–Kier alpha value is -0.990. The van der Waals surface area contributed by atoms with Crippen molar-refractivity contribution in [3.05, 3.63) is 22.1 Å². The van der Waals surface area contributed by atoms with E-state index in [0.29, 0.717) is 11.3 Å². The molecule has 5 aliphatic rings. The molecule has 1 atom stereocenters. The molecule has 0 radical (unpaired) electrons. The number of rotatable bonds is 1. The molecule has 6 rings (SSSR count). The van der Waals surface area contributed by atoms with Crippen molar-refractivity contribution in [1.82, 2.24) is 9.36 Å². The van der Waals surface area contributed by atoms with Crippen molar-refractivity contribution in [1.29, 1.82) is 0 Å². The molecule has 0 amide bonds. The van der Waals surface area contributed by atoms with Crippen LogP contribution >= 0.6 is 0 Å². The summed E-state index contributed by atoms with van der Waals surface area (Å²) in [6.07, 6.45) is 12.8. The Morgan fingerprint density at radius 2 is 1.68 bits per heavy atom. The second-order valence-corrected chi connectivity index (χ2v) is 8.88. The van der Waals surface area contributed by atoms with Crippen molar-refractivity contribution in [2.45, 2.75) is 70.3 Å². The standard InChI is InChI=1S/C19H28N2O/c1-20-18(22)9-17-16(4-2-3-5-21(17)20)19-10-13-6-14(11-19)8-15(7-13)12-19/h9,13-16H,2-8,10-12H2,1H3. The highest BCUT2D eigenvalue weighted by Crippen LogP contribution is 2.65. The predicted octanol–water partition coefficient (Wildman–Crippen LogP) is 3.67. The molecule has 1 unspecified atom stereocenters. The van der Waals surface area contributed by atoms with Gasteiger partial charge in [0.15, 0.2) is 0 Å². The van der Waals surface area contributed by atoms with Crippen LogP contribution in [0, 0.1) is 23.2 Å². The molecule has 4 bridgehead atoms. The molecule has 4 fully saturated rings. The van der Waals surface area contributed by atoms with Gasteiger partial charge in [0.1, 0.15) is 0 Å². The molecule has 4 aliphatic carbocycles. The van der Waals surface area contributed by atoms with Gasteiger partial charge in [0, 0.05) is 31.3 Å². The van der Waals surface area contributed by atoms with Crippen molar-refractivity contribution in [3.8, 4) is 0 Å². The van der Waals surface area contributed by atoms with Gasteiger partial charge in [-0.05, 0) is 74.5 Å². The number of aromatic nitrogens is 2. The Morgan fingerprint density at radius 3 is 2.32 bits per heavy atom. The summed E-state index contributed by atoms with van der Waals surface area (Å²) in [5.74, 6) is 3.65. The zero-order valence-corrected chi connectivity index (χ0v) is 13.8. The summed E-state index contributed by atoms with van der Waals surface area (Å²) in [4.78, 5) is 12.2. The highest BCUT2D eigenvalue weighted by Gasteiger charge is 2.54. The lowest BCUT2D eigenvalue weighted by atomic mass is 9.46. The molecule has 1 aromatic heterocycles. The van der Waals surface area contributed by atoms with Gasteiger partial charge in [-0.2, -0.15) is 0 Å². The molecule has 0 spiro atoms. The van der Waals surface area contributed by atoms with E-state index in [0.717, 1.165) is 24.3 Å². The molecule has 4 saturated carbocycles. The first-order chi connectivity index (χ1) is 10.6. The largest absolute Gasteiger partial charge is 0.287 e. The lowest BCUT2D eigenvalue weighted by molar-refractivity contribution is -0.0711. The van der Waals surface area contributed by atoms with Gasteiger partial charge in [0.05, 0.1) is 0 Å². The van der Waals surface area contributed by atoms with E-state index in [1.165, 1.54) is 63.5 Å². The minimum absolute atomic E-state index is 0.201. The minimum Gasteiger partial charge on any atom is -0.287 e. The van der Waals surface area contributed by atoms with Gasteiger partial charge < -0.3 is 0 Å². The van der Waals surface area contributed by atoms with Gasteiger partial charge >= 0.3 is 0 Å². The van der Waals surface area contributed by atoms with E-state index in [1.54, 1.807) is 0 Å². The van der Waals surface area contributed by atoms with Crippen molar-refractivity contribution in [2.75, 3.05) is 0 Å². The molecular weight excluding hydrogens is 272 g/mol. The van der Waals surface area contributed by atoms with Crippen LogP contribution in [0.1, 0.15) is 69.4 Å². The summed E-state index contributed by atoms with van der Waals surface area (Å²) in [6, 6.07) is 1.98. The van der Waals surface area contributed by atoms with E-state index in [9.17, 15) is 4.79 Å². The van der Waals surface area contributed by atoms with Gasteiger partial charge in [-0.3, -0.25) is 14.2 Å². The van der Waals surface area contributed by atoms with Crippen molar-refractivity contribution < 1.29 is 0 Å². The van der Waals surface area contributed by atoms with Gasteiger partial charge in [-0.25, -0.2) is 0 Å². The molecule has 0 saturated heterocycles. The van der Waals surface area contributed by atoms with Gasteiger partial charge in [-0.1, -0.05) is 6.42 Å². The normalized spacial score (nSPS) is 43.1. The molecule has 3 nitrogen and oxygen atoms in total. The fourth-order valence-electron chi connectivity index (χ4n) is 7.13. The first-order valence-electron chi connectivity index (χ1n) is 9.41. The van der Waals surface area contributed by atoms with Crippen molar-refractivity contribution in [2.24, 2.45) is 30.2 Å². The van der Waals surface area contributed by atoms with Crippen LogP contribution in [0.25, 0.3) is 0 Å². The van der Waals surface area contributed by atoms with Crippen LogP contribution in [0.4, 0.5) is 0 Å². The summed E-state index contributed by atoms with van der Waals surface area (Å²) >= 11 is 0. The zero-order chi connectivity index (χ0) is 14.9. The highest BCUT2D eigenvalue weighted by molar-refractivity contribution is 5.18. The van der Waals surface area contributed by atoms with Gasteiger partial charge in [0.2, 0.25) is 0 Å². The average molecular weight is 300 g/mol. The lowest BCUT2D eigenvalue weighted by Gasteiger charge is -2.59. The Morgan fingerprint density at radius 1 is 1.05 bits per heavy atom. The number of hydrogen-bond donors (Lipinski definition) is 0. The smallest absolute Gasteiger partial charge is 0.266 e. The van der Waals surface area contributed by atoms with Crippen LogP contribution < -0.4 is 5.56 Å². The number of nitrogens with zero attached hydrogens (tertiary/aromatic N) is 2. The third-order valence-electron chi connectivity index (χ3n) is 7.55. The molecule has 1 aliphatic heterocycles. The van der Waals surface area contributed by atoms with Gasteiger partial charge in [0.25, 0.3) is 5.56 Å². The van der Waals surface area contributed by atoms with Crippen molar-refractivity contribution in [3.63, 3.8) is 0 Å². The van der Waals surface area contributed by atoms with Crippen LogP contribution in [-0.4, -0.2) is 9.36 Å². The third-order valence-corrected chi connectivity index (χ3v) is 7.55. The lowest BCUT2D eigenvalue weighted by Crippen LogP contribution is -2.49. The molecule has 120 valence electrons. The second kappa shape index (κ2) is 4.52. The zero-order valence-electron chi connectivity index (χ0n) is 13.8. The monoisotopic (exact) mass is 300 g/mol. The van der Waals surface area contributed by atoms with E-state index >= 15 is 0 Å². The van der Waals surface area contributed by atoms with E-state index in [-0.39, 0.29) is 5.56 Å². The second-order valence-electron chi connectivity index (χ2n) is 8.88. The maximum Gasteiger partial charge on any atom is 0.266 e. The third kappa shape index (κ3) is 1.77. The highest BCUT2D eigenvalue weighted by atomic mass is 16.1.